The number of benzene rings is 1. The molecule has 0 spiro atoms. The lowest BCUT2D eigenvalue weighted by molar-refractivity contribution is -0.147. The quantitative estimate of drug-likeness (QED) is 0.274. The van der Waals surface area contributed by atoms with E-state index in [0.29, 0.717) is 67.5 Å². The van der Waals surface area contributed by atoms with Crippen molar-refractivity contribution in [2.75, 3.05) is 45.3 Å². The first-order valence-corrected chi connectivity index (χ1v) is 14.3. The fourth-order valence-corrected chi connectivity index (χ4v) is 5.74. The lowest BCUT2D eigenvalue weighted by Crippen LogP contribution is -2.49. The smallest absolute Gasteiger partial charge is 0.233 e. The third-order valence-corrected chi connectivity index (χ3v) is 8.36. The molecule has 0 saturated carbocycles. The van der Waals surface area contributed by atoms with Crippen molar-refractivity contribution in [1.82, 2.24) is 24.5 Å². The van der Waals surface area contributed by atoms with Gasteiger partial charge in [-0.05, 0) is 51.0 Å². The van der Waals surface area contributed by atoms with Crippen molar-refractivity contribution in [2.24, 2.45) is 5.41 Å². The Hall–Kier alpha value is -4.55. The average molecular weight is 587 g/mol. The number of ketones is 1. The zero-order valence-electron chi connectivity index (χ0n) is 24.1. The first kappa shape index (κ1) is 28.6. The first-order valence-electron chi connectivity index (χ1n) is 14.3. The van der Waals surface area contributed by atoms with Gasteiger partial charge in [0.1, 0.15) is 19.0 Å². The largest absolute Gasteiger partial charge is 0.486 e. The Morgan fingerprint density at radius 2 is 1.72 bits per heavy atom. The number of amides is 1. The molecule has 1 fully saturated rings. The molecule has 2 aliphatic rings. The number of ether oxygens (including phenoxy) is 2. The molecule has 2 aliphatic heterocycles. The highest BCUT2D eigenvalue weighted by atomic mass is 16.6. The number of anilines is 1. The van der Waals surface area contributed by atoms with Gasteiger partial charge in [0.25, 0.3) is 0 Å². The summed E-state index contributed by atoms with van der Waals surface area (Å²) in [5.41, 5.74) is 9.88. The standard InChI is InChI=1S/C31H34N6O6/c1-18(40)26-27(19-7-9-36(10-8-19)30(41)31(2,16-38)17-39)35-29-22(15-34-37(29)28(26)32)21-3-5-23(33-14-21)20-4-6-24-25(13-20)43-12-11-42-24/h3-6,13-15,19,38-39H,7-12,16-17,32H2,1-2H3. The molecule has 0 bridgehead atoms. The minimum absolute atomic E-state index is 0.122. The number of rotatable bonds is 7. The van der Waals surface area contributed by atoms with Crippen LogP contribution in [-0.4, -0.2) is 85.9 Å². The van der Waals surface area contributed by atoms with Gasteiger partial charge in [-0.1, -0.05) is 6.07 Å². The van der Waals surface area contributed by atoms with Crippen molar-refractivity contribution in [1.29, 1.82) is 0 Å². The number of pyridine rings is 1. The van der Waals surface area contributed by atoms with E-state index in [9.17, 15) is 19.8 Å². The number of Topliss-reactive ketones (excluding diaryl/α,β-unsaturated/α-hetero) is 1. The molecule has 6 rings (SSSR count). The van der Waals surface area contributed by atoms with E-state index < -0.39 is 18.6 Å². The lowest BCUT2D eigenvalue weighted by Gasteiger charge is -2.37. The van der Waals surface area contributed by atoms with Crippen molar-refractivity contribution in [3.8, 4) is 33.9 Å². The topological polar surface area (TPSA) is 165 Å². The van der Waals surface area contributed by atoms with Gasteiger partial charge in [-0.15, -0.1) is 0 Å². The summed E-state index contributed by atoms with van der Waals surface area (Å²) >= 11 is 0. The number of hydrogen-bond donors (Lipinski definition) is 3. The molecule has 4 aromatic rings. The molecule has 1 saturated heterocycles. The van der Waals surface area contributed by atoms with E-state index in [1.165, 1.54) is 11.4 Å². The van der Waals surface area contributed by atoms with Crippen LogP contribution in [-0.2, 0) is 4.79 Å². The van der Waals surface area contributed by atoms with Gasteiger partial charge in [0.05, 0.1) is 41.8 Å². The predicted molar refractivity (Wildman–Crippen MR) is 158 cm³/mol. The molecule has 4 N–H and O–H groups in total. The van der Waals surface area contributed by atoms with Crippen LogP contribution in [0.2, 0.25) is 0 Å². The van der Waals surface area contributed by atoms with E-state index >= 15 is 0 Å². The average Bonchev–Trinajstić information content (AvgIpc) is 3.48. The number of carbonyl (C=O) groups excluding carboxylic acids is 2. The summed E-state index contributed by atoms with van der Waals surface area (Å²) in [4.78, 5) is 37.0. The van der Waals surface area contributed by atoms with Gasteiger partial charge in [0, 0.05) is 41.9 Å². The summed E-state index contributed by atoms with van der Waals surface area (Å²) in [6.45, 7) is 3.96. The first-order chi connectivity index (χ1) is 20.7. The maximum Gasteiger partial charge on any atom is 0.233 e. The van der Waals surface area contributed by atoms with E-state index in [-0.39, 0.29) is 23.4 Å². The SMILES string of the molecule is CC(=O)c1c(C2CCN(C(=O)C(C)(CO)CO)CC2)nc2c(-c3ccc(-c4ccc5c(c4)OCCO5)nc3)cnn2c1N. The summed E-state index contributed by atoms with van der Waals surface area (Å²) in [5.74, 6) is 0.992. The number of hydrogen-bond acceptors (Lipinski definition) is 10. The molecule has 0 aliphatic carbocycles. The van der Waals surface area contributed by atoms with Crippen LogP contribution in [0.3, 0.4) is 0 Å². The van der Waals surface area contributed by atoms with Crippen molar-refractivity contribution in [3.05, 3.63) is 54.0 Å². The number of nitrogen functional groups attached to an aromatic ring is 1. The Balaban J connectivity index is 1.30. The molecule has 3 aromatic heterocycles. The summed E-state index contributed by atoms with van der Waals surface area (Å²) in [6, 6.07) is 9.59. The van der Waals surface area contributed by atoms with E-state index in [2.05, 4.69) is 10.1 Å². The maximum atomic E-state index is 13.0. The van der Waals surface area contributed by atoms with Crippen LogP contribution in [0.15, 0.2) is 42.7 Å². The number of aliphatic hydroxyl groups is 2. The van der Waals surface area contributed by atoms with Crippen LogP contribution in [0, 0.1) is 5.41 Å². The zero-order chi connectivity index (χ0) is 30.3. The molecule has 0 radical (unpaired) electrons. The lowest BCUT2D eigenvalue weighted by atomic mass is 9.86. The van der Waals surface area contributed by atoms with E-state index in [1.54, 1.807) is 24.2 Å². The highest BCUT2D eigenvalue weighted by Crippen LogP contribution is 2.37. The Morgan fingerprint density at radius 1 is 1.02 bits per heavy atom. The Labute approximate surface area is 248 Å². The Morgan fingerprint density at radius 3 is 2.37 bits per heavy atom. The van der Waals surface area contributed by atoms with Gasteiger partial charge in [-0.2, -0.15) is 9.61 Å². The van der Waals surface area contributed by atoms with Crippen LogP contribution >= 0.6 is 0 Å². The minimum atomic E-state index is -1.24. The molecule has 43 heavy (non-hydrogen) atoms. The van der Waals surface area contributed by atoms with Crippen LogP contribution in [0.1, 0.15) is 48.7 Å². The van der Waals surface area contributed by atoms with Crippen molar-refractivity contribution >= 4 is 23.2 Å². The molecule has 12 nitrogen and oxygen atoms in total. The number of aliphatic hydroxyl groups excluding tert-OH is 2. The van der Waals surface area contributed by atoms with E-state index in [4.69, 9.17) is 20.2 Å². The van der Waals surface area contributed by atoms with Gasteiger partial charge in [0.2, 0.25) is 5.91 Å². The van der Waals surface area contributed by atoms with Crippen molar-refractivity contribution in [2.45, 2.75) is 32.6 Å². The number of nitrogens with zero attached hydrogens (tertiary/aromatic N) is 5. The van der Waals surface area contributed by atoms with Crippen LogP contribution in [0.5, 0.6) is 11.5 Å². The van der Waals surface area contributed by atoms with E-state index in [1.807, 2.05) is 30.3 Å². The second-order valence-electron chi connectivity index (χ2n) is 11.3. The highest BCUT2D eigenvalue weighted by molar-refractivity contribution is 6.00. The summed E-state index contributed by atoms with van der Waals surface area (Å²) in [5, 5.41) is 23.8. The Kier molecular flexibility index (Phi) is 7.49. The molecule has 224 valence electrons. The highest BCUT2D eigenvalue weighted by Gasteiger charge is 2.38. The van der Waals surface area contributed by atoms with Crippen molar-refractivity contribution in [3.63, 3.8) is 0 Å². The number of aromatic nitrogens is 4. The molecule has 0 atom stereocenters. The molecular weight excluding hydrogens is 552 g/mol. The summed E-state index contributed by atoms with van der Waals surface area (Å²) in [7, 11) is 0. The summed E-state index contributed by atoms with van der Waals surface area (Å²) in [6.07, 6.45) is 4.52. The zero-order valence-corrected chi connectivity index (χ0v) is 24.1. The second-order valence-corrected chi connectivity index (χ2v) is 11.3. The predicted octanol–water partition coefficient (Wildman–Crippen LogP) is 2.71. The Bertz CT molecular complexity index is 1690. The molecule has 12 heteroatoms. The van der Waals surface area contributed by atoms with Gasteiger partial charge >= 0.3 is 0 Å². The summed E-state index contributed by atoms with van der Waals surface area (Å²) < 4.78 is 12.8. The number of fused-ring (bicyclic) bond motifs is 2. The number of piperidine rings is 1. The normalized spacial score (nSPS) is 15.6. The molecule has 5 heterocycles. The van der Waals surface area contributed by atoms with Crippen LogP contribution in [0.25, 0.3) is 28.0 Å². The van der Waals surface area contributed by atoms with Crippen molar-refractivity contribution < 1.29 is 29.3 Å². The third-order valence-electron chi connectivity index (χ3n) is 8.36. The second kappa shape index (κ2) is 11.3. The third kappa shape index (κ3) is 5.06. The number of carbonyl (C=O) groups is 2. The molecule has 1 amide bonds. The maximum absolute atomic E-state index is 13.0. The molecule has 1 aromatic carbocycles. The molecule has 0 unspecified atom stereocenters. The van der Waals surface area contributed by atoms with Gasteiger partial charge < -0.3 is 30.3 Å². The monoisotopic (exact) mass is 586 g/mol. The van der Waals surface area contributed by atoms with Crippen LogP contribution in [0.4, 0.5) is 5.82 Å². The minimum Gasteiger partial charge on any atom is -0.486 e. The van der Waals surface area contributed by atoms with Gasteiger partial charge in [0.15, 0.2) is 22.9 Å². The van der Waals surface area contributed by atoms with Gasteiger partial charge in [-0.25, -0.2) is 4.98 Å². The number of likely N-dealkylation sites (tertiary alicyclic amines) is 1. The fourth-order valence-electron chi connectivity index (χ4n) is 5.74. The van der Waals surface area contributed by atoms with Crippen LogP contribution < -0.4 is 15.2 Å². The fraction of sp³-hybridized carbons (Fsp3) is 0.387. The van der Waals surface area contributed by atoms with Gasteiger partial charge in [-0.3, -0.25) is 14.6 Å². The van der Waals surface area contributed by atoms with E-state index in [0.717, 1.165) is 22.4 Å². The molecular formula is C31H34N6O6. The number of nitrogens with two attached hydrogens (primary N) is 1.